The molecule has 1 unspecified atom stereocenters. The number of amides is 3. The lowest BCUT2D eigenvalue weighted by Gasteiger charge is -2.11. The van der Waals surface area contributed by atoms with E-state index in [0.717, 1.165) is 11.8 Å². The van der Waals surface area contributed by atoms with Crippen LogP contribution in [0.1, 0.15) is 12.8 Å². The molecule has 3 amide bonds. The normalized spacial score (nSPS) is 15.5. The van der Waals surface area contributed by atoms with Gasteiger partial charge in [0.05, 0.1) is 40.0 Å². The number of thioether (sulfide) groups is 1. The summed E-state index contributed by atoms with van der Waals surface area (Å²) < 4.78 is 5.19. The van der Waals surface area contributed by atoms with E-state index in [9.17, 15) is 14.4 Å². The lowest BCUT2D eigenvalue weighted by molar-refractivity contribution is -0.121. The minimum atomic E-state index is -0.697. The van der Waals surface area contributed by atoms with E-state index in [4.69, 9.17) is 27.9 Å². The molecule has 0 saturated carbocycles. The van der Waals surface area contributed by atoms with Crippen molar-refractivity contribution in [3.05, 3.63) is 52.5 Å². The van der Waals surface area contributed by atoms with Gasteiger partial charge in [0.1, 0.15) is 11.0 Å². The zero-order valence-corrected chi connectivity index (χ0v) is 18.1. The van der Waals surface area contributed by atoms with Crippen molar-refractivity contribution >= 4 is 69.1 Å². The zero-order chi connectivity index (χ0) is 21.7. The topological polar surface area (TPSA) is 96.9 Å². The molecule has 1 aliphatic heterocycles. The Kier molecular flexibility index (Phi) is 7.36. The number of halogens is 2. The molecule has 0 fully saturated rings. The number of anilines is 2. The predicted octanol–water partition coefficient (Wildman–Crippen LogP) is 4.40. The number of carbonyl (C=O) groups excluding carboxylic acids is 3. The summed E-state index contributed by atoms with van der Waals surface area (Å²) in [4.78, 5) is 40.7. The molecule has 2 aromatic rings. The SMILES string of the molecule is COc1ccccc1NC(=O)CC1=NC(=O)C(CC(=O)Nc2cccc(Cl)c2Cl)S1. The highest BCUT2D eigenvalue weighted by molar-refractivity contribution is 8.15. The van der Waals surface area contributed by atoms with E-state index in [1.54, 1.807) is 42.5 Å². The molecule has 10 heteroatoms. The fourth-order valence-corrected chi connectivity index (χ4v) is 4.12. The van der Waals surface area contributed by atoms with Crippen molar-refractivity contribution < 1.29 is 19.1 Å². The summed E-state index contributed by atoms with van der Waals surface area (Å²) in [5, 5.41) is 5.55. The van der Waals surface area contributed by atoms with E-state index in [0.29, 0.717) is 27.2 Å². The van der Waals surface area contributed by atoms with Crippen molar-refractivity contribution in [1.82, 2.24) is 0 Å². The van der Waals surface area contributed by atoms with Crippen molar-refractivity contribution in [3.8, 4) is 5.75 Å². The largest absolute Gasteiger partial charge is 0.495 e. The Hall–Kier alpha value is -2.55. The molecular formula is C20H17Cl2N3O4S. The smallest absolute Gasteiger partial charge is 0.260 e. The monoisotopic (exact) mass is 465 g/mol. The lowest BCUT2D eigenvalue weighted by Crippen LogP contribution is -2.21. The minimum Gasteiger partial charge on any atom is -0.495 e. The van der Waals surface area contributed by atoms with E-state index in [1.807, 2.05) is 0 Å². The Morgan fingerprint density at radius 3 is 2.53 bits per heavy atom. The number of rotatable bonds is 7. The number of hydrogen-bond donors (Lipinski definition) is 2. The summed E-state index contributed by atoms with van der Waals surface area (Å²) in [5.74, 6) is -0.668. The Morgan fingerprint density at radius 2 is 1.77 bits per heavy atom. The minimum absolute atomic E-state index is 0.0767. The average Bonchev–Trinajstić information content (AvgIpc) is 3.04. The first kappa shape index (κ1) is 22.1. The molecule has 30 heavy (non-hydrogen) atoms. The van der Waals surface area contributed by atoms with Gasteiger partial charge in [0.25, 0.3) is 5.91 Å². The Bertz CT molecular complexity index is 1030. The highest BCUT2D eigenvalue weighted by Crippen LogP contribution is 2.31. The number of hydrogen-bond acceptors (Lipinski definition) is 5. The molecule has 0 radical (unpaired) electrons. The summed E-state index contributed by atoms with van der Waals surface area (Å²) in [6, 6.07) is 11.9. The summed E-state index contributed by atoms with van der Waals surface area (Å²) >= 11 is 13.1. The van der Waals surface area contributed by atoms with Crippen LogP contribution < -0.4 is 15.4 Å². The number of aliphatic imine (C=N–C) groups is 1. The Morgan fingerprint density at radius 1 is 1.07 bits per heavy atom. The van der Waals surface area contributed by atoms with Gasteiger partial charge in [-0.2, -0.15) is 0 Å². The van der Waals surface area contributed by atoms with E-state index >= 15 is 0 Å². The van der Waals surface area contributed by atoms with Crippen LogP contribution >= 0.6 is 35.0 Å². The number of nitrogens with zero attached hydrogens (tertiary/aromatic N) is 1. The molecule has 3 rings (SSSR count). The molecule has 0 aromatic heterocycles. The van der Waals surface area contributed by atoms with Gasteiger partial charge in [-0.3, -0.25) is 14.4 Å². The number of methoxy groups -OCH3 is 1. The molecule has 0 aliphatic carbocycles. The van der Waals surface area contributed by atoms with Crippen molar-refractivity contribution in [1.29, 1.82) is 0 Å². The van der Waals surface area contributed by atoms with Crippen molar-refractivity contribution in [2.75, 3.05) is 17.7 Å². The maximum absolute atomic E-state index is 12.3. The van der Waals surface area contributed by atoms with Crippen LogP contribution in [0.2, 0.25) is 10.0 Å². The molecule has 156 valence electrons. The highest BCUT2D eigenvalue weighted by atomic mass is 35.5. The van der Waals surface area contributed by atoms with Gasteiger partial charge in [0.15, 0.2) is 0 Å². The summed E-state index contributed by atoms with van der Waals surface area (Å²) in [5.41, 5.74) is 0.885. The fraction of sp³-hybridized carbons (Fsp3) is 0.200. The summed E-state index contributed by atoms with van der Waals surface area (Å²) in [6.07, 6.45) is -0.180. The lowest BCUT2D eigenvalue weighted by atomic mass is 10.2. The van der Waals surface area contributed by atoms with Gasteiger partial charge in [-0.05, 0) is 24.3 Å². The van der Waals surface area contributed by atoms with Crippen LogP contribution in [0.25, 0.3) is 0 Å². The third-order valence-electron chi connectivity index (χ3n) is 4.08. The van der Waals surface area contributed by atoms with E-state index in [2.05, 4.69) is 15.6 Å². The van der Waals surface area contributed by atoms with Gasteiger partial charge in [-0.15, -0.1) is 0 Å². The quantitative estimate of drug-likeness (QED) is 0.631. The maximum atomic E-state index is 12.3. The van der Waals surface area contributed by atoms with Crippen LogP contribution in [-0.4, -0.2) is 35.1 Å². The molecule has 0 bridgehead atoms. The van der Waals surface area contributed by atoms with Crippen molar-refractivity contribution in [2.45, 2.75) is 18.1 Å². The van der Waals surface area contributed by atoms with Gasteiger partial charge in [0, 0.05) is 6.42 Å². The number of ether oxygens (including phenoxy) is 1. The second kappa shape index (κ2) is 9.97. The van der Waals surface area contributed by atoms with Gasteiger partial charge in [0.2, 0.25) is 11.8 Å². The van der Waals surface area contributed by atoms with Crippen molar-refractivity contribution in [3.63, 3.8) is 0 Å². The van der Waals surface area contributed by atoms with Gasteiger partial charge >= 0.3 is 0 Å². The number of carbonyl (C=O) groups is 3. The van der Waals surface area contributed by atoms with Crippen molar-refractivity contribution in [2.24, 2.45) is 4.99 Å². The second-order valence-corrected chi connectivity index (χ2v) is 8.29. The summed E-state index contributed by atoms with van der Waals surface area (Å²) in [7, 11) is 1.51. The maximum Gasteiger partial charge on any atom is 0.260 e. The molecule has 2 aromatic carbocycles. The number of para-hydroxylation sites is 2. The zero-order valence-electron chi connectivity index (χ0n) is 15.8. The van der Waals surface area contributed by atoms with Crippen LogP contribution in [0.4, 0.5) is 11.4 Å². The Balaban J connectivity index is 1.54. The van der Waals surface area contributed by atoms with Gasteiger partial charge in [-0.1, -0.05) is 53.2 Å². The molecule has 1 atom stereocenters. The molecule has 2 N–H and O–H groups in total. The number of benzene rings is 2. The van der Waals surface area contributed by atoms with E-state index < -0.39 is 17.1 Å². The van der Waals surface area contributed by atoms with Crippen LogP contribution in [0.5, 0.6) is 5.75 Å². The van der Waals surface area contributed by atoms with Crippen LogP contribution in [-0.2, 0) is 14.4 Å². The van der Waals surface area contributed by atoms with Crippen LogP contribution in [0.3, 0.4) is 0 Å². The predicted molar refractivity (Wildman–Crippen MR) is 120 cm³/mol. The first-order valence-corrected chi connectivity index (χ1v) is 10.5. The summed E-state index contributed by atoms with van der Waals surface area (Å²) in [6.45, 7) is 0. The second-order valence-electron chi connectivity index (χ2n) is 6.23. The molecular weight excluding hydrogens is 449 g/mol. The average molecular weight is 466 g/mol. The third-order valence-corrected chi connectivity index (χ3v) is 6.06. The van der Waals surface area contributed by atoms with Crippen LogP contribution in [0.15, 0.2) is 47.5 Å². The first-order valence-electron chi connectivity index (χ1n) is 8.82. The van der Waals surface area contributed by atoms with Gasteiger partial charge < -0.3 is 15.4 Å². The molecule has 7 nitrogen and oxygen atoms in total. The molecule has 1 aliphatic rings. The van der Waals surface area contributed by atoms with Crippen LogP contribution in [0, 0.1) is 0 Å². The fourth-order valence-electron chi connectivity index (χ4n) is 2.70. The van der Waals surface area contributed by atoms with E-state index in [1.165, 1.54) is 7.11 Å². The number of nitrogens with one attached hydrogen (secondary N) is 2. The molecule has 0 saturated heterocycles. The highest BCUT2D eigenvalue weighted by Gasteiger charge is 2.31. The van der Waals surface area contributed by atoms with E-state index in [-0.39, 0.29) is 23.8 Å². The Labute approximate surface area is 187 Å². The van der Waals surface area contributed by atoms with Gasteiger partial charge in [-0.25, -0.2) is 4.99 Å². The first-order chi connectivity index (χ1) is 14.4. The standard InChI is InChI=1S/C20H17Cl2N3O4S/c1-29-14-8-3-2-6-12(14)23-17(27)10-18-25-20(28)15(30-18)9-16(26)24-13-7-4-5-11(21)19(13)22/h2-8,15H,9-10H2,1H3,(H,23,27)(H,24,26). The molecule has 0 spiro atoms. The third kappa shape index (κ3) is 5.53. The molecule has 1 heterocycles.